The van der Waals surface area contributed by atoms with Crippen molar-refractivity contribution in [3.8, 4) is 0 Å². The zero-order valence-corrected chi connectivity index (χ0v) is 14.6. The Kier molecular flexibility index (Phi) is 5.24. The van der Waals surface area contributed by atoms with Gasteiger partial charge in [0.2, 0.25) is 11.8 Å². The molecule has 0 aromatic heterocycles. The molecule has 5 heteroatoms. The molecule has 3 rings (SSSR count). The van der Waals surface area contributed by atoms with Crippen LogP contribution in [0.2, 0.25) is 0 Å². The van der Waals surface area contributed by atoms with Gasteiger partial charge < -0.3 is 15.1 Å². The third kappa shape index (κ3) is 3.87. The van der Waals surface area contributed by atoms with E-state index in [1.54, 1.807) is 0 Å². The molecular formula is C18H31N3O2. The third-order valence-corrected chi connectivity index (χ3v) is 5.90. The number of hydrogen-bond acceptors (Lipinski definition) is 3. The van der Waals surface area contributed by atoms with Crippen molar-refractivity contribution < 1.29 is 9.59 Å². The number of nitrogens with one attached hydrogen (secondary N) is 1. The molecule has 5 nitrogen and oxygen atoms in total. The highest BCUT2D eigenvalue weighted by molar-refractivity contribution is 5.89. The molecule has 1 aliphatic carbocycles. The second-order valence-electron chi connectivity index (χ2n) is 7.80. The minimum absolute atomic E-state index is 0.0989. The lowest BCUT2D eigenvalue weighted by Crippen LogP contribution is -2.48. The molecule has 2 heterocycles. The predicted molar refractivity (Wildman–Crippen MR) is 89.9 cm³/mol. The average Bonchev–Trinajstić information content (AvgIpc) is 3.16. The van der Waals surface area contributed by atoms with Crippen molar-refractivity contribution in [3.05, 3.63) is 0 Å². The van der Waals surface area contributed by atoms with Crippen molar-refractivity contribution in [1.82, 2.24) is 15.1 Å². The summed E-state index contributed by atoms with van der Waals surface area (Å²) in [4.78, 5) is 29.2. The van der Waals surface area contributed by atoms with Crippen molar-refractivity contribution in [1.29, 1.82) is 0 Å². The lowest BCUT2D eigenvalue weighted by atomic mass is 10.0. The van der Waals surface area contributed by atoms with E-state index in [1.807, 2.05) is 4.90 Å². The highest BCUT2D eigenvalue weighted by Gasteiger charge is 2.39. The van der Waals surface area contributed by atoms with E-state index in [9.17, 15) is 9.59 Å². The van der Waals surface area contributed by atoms with Gasteiger partial charge in [-0.15, -0.1) is 0 Å². The van der Waals surface area contributed by atoms with Gasteiger partial charge in [-0.2, -0.15) is 0 Å². The summed E-state index contributed by atoms with van der Waals surface area (Å²) in [6, 6.07) is 1.27. The van der Waals surface area contributed by atoms with Crippen molar-refractivity contribution >= 4 is 11.8 Å². The number of hydrogen-bond donors (Lipinski definition) is 1. The average molecular weight is 321 g/mol. The second kappa shape index (κ2) is 7.20. The fraction of sp³-hybridized carbons (Fsp3) is 0.889. The summed E-state index contributed by atoms with van der Waals surface area (Å²) in [6.45, 7) is 7.20. The number of nitrogens with zero attached hydrogens (tertiary/aromatic N) is 2. The van der Waals surface area contributed by atoms with Crippen molar-refractivity contribution in [2.24, 2.45) is 5.92 Å². The van der Waals surface area contributed by atoms with E-state index in [0.29, 0.717) is 25.0 Å². The molecule has 3 aliphatic rings. The maximum absolute atomic E-state index is 12.5. The lowest BCUT2D eigenvalue weighted by molar-refractivity contribution is -0.130. The van der Waals surface area contributed by atoms with Crippen molar-refractivity contribution in [2.45, 2.75) is 76.9 Å². The summed E-state index contributed by atoms with van der Waals surface area (Å²) in [5.41, 5.74) is 0. The Morgan fingerprint density at radius 3 is 2.39 bits per heavy atom. The van der Waals surface area contributed by atoms with Crippen LogP contribution in [-0.4, -0.2) is 59.4 Å². The zero-order chi connectivity index (χ0) is 16.4. The molecule has 0 aromatic carbocycles. The Hall–Kier alpha value is -1.10. The Bertz CT molecular complexity index is 438. The molecule has 3 fully saturated rings. The van der Waals surface area contributed by atoms with E-state index in [0.717, 1.165) is 38.8 Å². The maximum atomic E-state index is 12.5. The molecular weight excluding hydrogens is 290 g/mol. The summed E-state index contributed by atoms with van der Waals surface area (Å²) in [5.74, 6) is 0.153. The summed E-state index contributed by atoms with van der Waals surface area (Å²) >= 11 is 0. The van der Waals surface area contributed by atoms with Crippen molar-refractivity contribution in [3.63, 3.8) is 0 Å². The first kappa shape index (κ1) is 16.7. The van der Waals surface area contributed by atoms with Gasteiger partial charge in [-0.3, -0.25) is 9.59 Å². The number of carbonyl (C=O) groups is 2. The zero-order valence-electron chi connectivity index (χ0n) is 14.6. The van der Waals surface area contributed by atoms with E-state index < -0.39 is 0 Å². The molecule has 2 saturated heterocycles. The lowest BCUT2D eigenvalue weighted by Gasteiger charge is -2.35. The van der Waals surface area contributed by atoms with Gasteiger partial charge >= 0.3 is 0 Å². The number of piperidine rings is 1. The molecule has 1 unspecified atom stereocenters. The van der Waals surface area contributed by atoms with Gasteiger partial charge in [-0.05, 0) is 39.5 Å². The quantitative estimate of drug-likeness (QED) is 0.858. The van der Waals surface area contributed by atoms with Gasteiger partial charge in [-0.25, -0.2) is 0 Å². The first-order valence-electron chi connectivity index (χ1n) is 9.38. The molecule has 0 bridgehead atoms. The normalized spacial score (nSPS) is 28.0. The molecule has 2 aliphatic heterocycles. The molecule has 1 N–H and O–H groups in total. The molecule has 0 spiro atoms. The topological polar surface area (TPSA) is 52.7 Å². The number of likely N-dealkylation sites (tertiary alicyclic amines) is 2. The minimum atomic E-state index is -0.133. The standard InChI is InChI=1S/C18H31N3O2/c1-13(2)20-9-7-15(8-10-20)19-18(23)14-11-17(22)21(12-14)16-5-3-4-6-16/h13-16H,3-12H2,1-2H3,(H,19,23). The fourth-order valence-corrected chi connectivity index (χ4v) is 4.36. The van der Waals surface area contributed by atoms with Crippen LogP contribution in [0.1, 0.15) is 58.8 Å². The van der Waals surface area contributed by atoms with Crippen LogP contribution in [0.3, 0.4) is 0 Å². The largest absolute Gasteiger partial charge is 0.353 e. The molecule has 0 aromatic rings. The summed E-state index contributed by atoms with van der Waals surface area (Å²) in [6.07, 6.45) is 7.14. The van der Waals surface area contributed by atoms with Crippen LogP contribution >= 0.6 is 0 Å². The fourth-order valence-electron chi connectivity index (χ4n) is 4.36. The Morgan fingerprint density at radius 2 is 1.78 bits per heavy atom. The highest BCUT2D eigenvalue weighted by atomic mass is 16.2. The van der Waals surface area contributed by atoms with Gasteiger partial charge in [0.25, 0.3) is 0 Å². The summed E-state index contributed by atoms with van der Waals surface area (Å²) < 4.78 is 0. The van der Waals surface area contributed by atoms with Crippen LogP contribution < -0.4 is 5.32 Å². The van der Waals surface area contributed by atoms with Crippen molar-refractivity contribution in [2.75, 3.05) is 19.6 Å². The smallest absolute Gasteiger partial charge is 0.225 e. The van der Waals surface area contributed by atoms with Crippen LogP contribution in [0.25, 0.3) is 0 Å². The predicted octanol–water partition coefficient (Wildman–Crippen LogP) is 1.77. The highest BCUT2D eigenvalue weighted by Crippen LogP contribution is 2.29. The second-order valence-corrected chi connectivity index (χ2v) is 7.80. The Morgan fingerprint density at radius 1 is 1.13 bits per heavy atom. The minimum Gasteiger partial charge on any atom is -0.353 e. The van der Waals surface area contributed by atoms with E-state index >= 15 is 0 Å². The molecule has 0 radical (unpaired) electrons. The Balaban J connectivity index is 1.47. The van der Waals surface area contributed by atoms with Gasteiger partial charge in [0.15, 0.2) is 0 Å². The van der Waals surface area contributed by atoms with Gasteiger partial charge in [0.05, 0.1) is 5.92 Å². The van der Waals surface area contributed by atoms with Gasteiger partial charge in [0.1, 0.15) is 0 Å². The van der Waals surface area contributed by atoms with Gasteiger partial charge in [0, 0.05) is 44.2 Å². The first-order valence-corrected chi connectivity index (χ1v) is 9.38. The molecule has 2 amide bonds. The molecule has 1 saturated carbocycles. The number of amides is 2. The third-order valence-electron chi connectivity index (χ3n) is 5.90. The van der Waals surface area contributed by atoms with Crippen LogP contribution in [0, 0.1) is 5.92 Å². The van der Waals surface area contributed by atoms with Crippen LogP contribution in [0.5, 0.6) is 0 Å². The maximum Gasteiger partial charge on any atom is 0.225 e. The molecule has 130 valence electrons. The molecule has 23 heavy (non-hydrogen) atoms. The molecule has 1 atom stereocenters. The van der Waals surface area contributed by atoms with Gasteiger partial charge in [-0.1, -0.05) is 12.8 Å². The van der Waals surface area contributed by atoms with E-state index in [2.05, 4.69) is 24.1 Å². The summed E-state index contributed by atoms with van der Waals surface area (Å²) in [5, 5.41) is 3.21. The first-order chi connectivity index (χ1) is 11.0. The van der Waals surface area contributed by atoms with Crippen LogP contribution in [0.4, 0.5) is 0 Å². The SMILES string of the molecule is CC(C)N1CCC(NC(=O)C2CC(=O)N(C3CCCC3)C2)CC1. The number of rotatable bonds is 4. The number of carbonyl (C=O) groups excluding carboxylic acids is 2. The van der Waals surface area contributed by atoms with Crippen LogP contribution in [-0.2, 0) is 9.59 Å². The monoisotopic (exact) mass is 321 g/mol. The van der Waals surface area contributed by atoms with E-state index in [1.165, 1.54) is 12.8 Å². The van der Waals surface area contributed by atoms with E-state index in [-0.39, 0.29) is 23.8 Å². The van der Waals surface area contributed by atoms with E-state index in [4.69, 9.17) is 0 Å². The van der Waals surface area contributed by atoms with Crippen LogP contribution in [0.15, 0.2) is 0 Å². The Labute approximate surface area is 139 Å². The summed E-state index contributed by atoms with van der Waals surface area (Å²) in [7, 11) is 0.